The predicted octanol–water partition coefficient (Wildman–Crippen LogP) is 3.60. The van der Waals surface area contributed by atoms with E-state index in [1.165, 1.54) is 35.2 Å². The van der Waals surface area contributed by atoms with E-state index in [9.17, 15) is 13.2 Å². The second kappa shape index (κ2) is 7.19. The molecule has 10 heteroatoms. The number of carbonyl (C=O) groups is 1. The van der Waals surface area contributed by atoms with Crippen LogP contribution in [0.3, 0.4) is 0 Å². The van der Waals surface area contributed by atoms with Gasteiger partial charge >= 0.3 is 0 Å². The third kappa shape index (κ3) is 3.33. The molecule has 0 atom stereocenters. The van der Waals surface area contributed by atoms with Crippen molar-refractivity contribution in [3.63, 3.8) is 0 Å². The van der Waals surface area contributed by atoms with E-state index in [2.05, 4.69) is 5.10 Å². The number of sulfonamides is 1. The molecule has 4 rings (SSSR count). The SMILES string of the molecule is O=C1c2ccccc2S(=O)(=O)N1CCSc1nn(-c2ccccc2)c(=S)s1. The van der Waals surface area contributed by atoms with Crippen LogP contribution in [0.15, 0.2) is 63.8 Å². The molecule has 0 radical (unpaired) electrons. The van der Waals surface area contributed by atoms with E-state index in [-0.39, 0.29) is 17.0 Å². The fourth-order valence-electron chi connectivity index (χ4n) is 2.72. The van der Waals surface area contributed by atoms with Crippen LogP contribution in [0.2, 0.25) is 0 Å². The lowest BCUT2D eigenvalue weighted by molar-refractivity contribution is 0.0876. The molecule has 1 aromatic heterocycles. The molecular formula is C17H13N3O3S4. The number of benzene rings is 2. The Hall–Kier alpha value is -2.01. The van der Waals surface area contributed by atoms with Gasteiger partial charge in [-0.3, -0.25) is 4.79 Å². The summed E-state index contributed by atoms with van der Waals surface area (Å²) < 4.78 is 29.0. The van der Waals surface area contributed by atoms with E-state index >= 15 is 0 Å². The van der Waals surface area contributed by atoms with Crippen molar-refractivity contribution in [2.24, 2.45) is 0 Å². The van der Waals surface area contributed by atoms with Gasteiger partial charge in [-0.25, -0.2) is 17.4 Å². The molecule has 0 fully saturated rings. The largest absolute Gasteiger partial charge is 0.269 e. The highest BCUT2D eigenvalue weighted by Gasteiger charge is 2.40. The van der Waals surface area contributed by atoms with Crippen molar-refractivity contribution in [2.45, 2.75) is 9.24 Å². The zero-order valence-electron chi connectivity index (χ0n) is 13.8. The van der Waals surface area contributed by atoms with Crippen LogP contribution >= 0.6 is 35.3 Å². The fourth-order valence-corrected chi connectivity index (χ4v) is 6.76. The summed E-state index contributed by atoms with van der Waals surface area (Å²) in [4.78, 5) is 12.5. The van der Waals surface area contributed by atoms with Gasteiger partial charge in [-0.15, -0.1) is 5.10 Å². The summed E-state index contributed by atoms with van der Waals surface area (Å²) in [6, 6.07) is 15.8. The molecule has 27 heavy (non-hydrogen) atoms. The van der Waals surface area contributed by atoms with Crippen molar-refractivity contribution >= 4 is 51.2 Å². The highest BCUT2D eigenvalue weighted by atomic mass is 32.2. The third-order valence-corrected chi connectivity index (χ3v) is 8.15. The molecule has 0 unspecified atom stereocenters. The van der Waals surface area contributed by atoms with E-state index in [4.69, 9.17) is 12.2 Å². The van der Waals surface area contributed by atoms with Crippen LogP contribution in [0.5, 0.6) is 0 Å². The van der Waals surface area contributed by atoms with Crippen molar-refractivity contribution in [1.82, 2.24) is 14.1 Å². The number of amides is 1. The summed E-state index contributed by atoms with van der Waals surface area (Å²) in [5.74, 6) is -0.0793. The van der Waals surface area contributed by atoms with Crippen LogP contribution < -0.4 is 0 Å². The molecule has 0 saturated heterocycles. The maximum atomic E-state index is 12.5. The molecule has 0 N–H and O–H groups in total. The molecule has 0 bridgehead atoms. The van der Waals surface area contributed by atoms with Gasteiger partial charge < -0.3 is 0 Å². The van der Waals surface area contributed by atoms with Gasteiger partial charge in [0.15, 0.2) is 8.29 Å². The Morgan fingerprint density at radius 2 is 1.78 bits per heavy atom. The van der Waals surface area contributed by atoms with Gasteiger partial charge in [-0.1, -0.05) is 53.4 Å². The predicted molar refractivity (Wildman–Crippen MR) is 108 cm³/mol. The summed E-state index contributed by atoms with van der Waals surface area (Å²) in [5, 5.41) is 4.48. The molecule has 0 saturated carbocycles. The minimum absolute atomic E-state index is 0.0732. The van der Waals surface area contributed by atoms with Crippen LogP contribution in [0.1, 0.15) is 10.4 Å². The molecule has 2 aromatic carbocycles. The van der Waals surface area contributed by atoms with Crippen molar-refractivity contribution < 1.29 is 13.2 Å². The van der Waals surface area contributed by atoms with Gasteiger partial charge in [-0.05, 0) is 36.5 Å². The van der Waals surface area contributed by atoms with Gasteiger partial charge in [0.25, 0.3) is 15.9 Å². The zero-order chi connectivity index (χ0) is 19.0. The van der Waals surface area contributed by atoms with Crippen LogP contribution in [0.4, 0.5) is 0 Å². The first-order chi connectivity index (χ1) is 13.0. The molecular weight excluding hydrogens is 422 g/mol. The van der Waals surface area contributed by atoms with Crippen LogP contribution in [0, 0.1) is 3.95 Å². The van der Waals surface area contributed by atoms with Crippen LogP contribution in [-0.2, 0) is 10.0 Å². The second-order valence-electron chi connectivity index (χ2n) is 5.61. The van der Waals surface area contributed by atoms with Gasteiger partial charge in [0.2, 0.25) is 0 Å². The number of nitrogens with zero attached hydrogens (tertiary/aromatic N) is 3. The average molecular weight is 436 g/mol. The first-order valence-electron chi connectivity index (χ1n) is 7.93. The van der Waals surface area contributed by atoms with Crippen molar-refractivity contribution in [1.29, 1.82) is 0 Å². The molecule has 138 valence electrons. The minimum atomic E-state index is -3.77. The Labute approximate surface area is 169 Å². The molecule has 0 aliphatic carbocycles. The third-order valence-electron chi connectivity index (χ3n) is 3.96. The fraction of sp³-hybridized carbons (Fsp3) is 0.118. The van der Waals surface area contributed by atoms with Crippen LogP contribution in [0.25, 0.3) is 5.69 Å². The number of thioether (sulfide) groups is 1. The van der Waals surface area contributed by atoms with Gasteiger partial charge in [0, 0.05) is 12.3 Å². The summed E-state index contributed by atoms with van der Waals surface area (Å²) >= 11 is 8.10. The monoisotopic (exact) mass is 435 g/mol. The molecule has 6 nitrogen and oxygen atoms in total. The van der Waals surface area contributed by atoms with E-state index in [0.29, 0.717) is 9.71 Å². The lowest BCUT2D eigenvalue weighted by Crippen LogP contribution is -2.32. The smallest absolute Gasteiger partial charge is 0.268 e. The first-order valence-corrected chi connectivity index (χ1v) is 11.6. The molecule has 1 aliphatic heterocycles. The van der Waals surface area contributed by atoms with E-state index in [1.807, 2.05) is 30.3 Å². The molecule has 3 aromatic rings. The Morgan fingerprint density at radius 3 is 2.52 bits per heavy atom. The van der Waals surface area contributed by atoms with Gasteiger partial charge in [0.05, 0.1) is 11.3 Å². The Balaban J connectivity index is 1.47. The number of fused-ring (bicyclic) bond motifs is 1. The quantitative estimate of drug-likeness (QED) is 0.450. The molecule has 1 aliphatic rings. The van der Waals surface area contributed by atoms with E-state index in [0.717, 1.165) is 14.3 Å². The van der Waals surface area contributed by atoms with E-state index < -0.39 is 15.9 Å². The number of hydrogen-bond acceptors (Lipinski definition) is 7. The summed E-state index contributed by atoms with van der Waals surface area (Å²) in [7, 11) is -3.77. The number of carbonyl (C=O) groups excluding carboxylic acids is 1. The van der Waals surface area contributed by atoms with Gasteiger partial charge in [-0.2, -0.15) is 0 Å². The highest BCUT2D eigenvalue weighted by Crippen LogP contribution is 2.31. The van der Waals surface area contributed by atoms with Crippen LogP contribution in [-0.4, -0.2) is 40.7 Å². The normalized spacial score (nSPS) is 15.1. The molecule has 2 heterocycles. The number of rotatable bonds is 5. The summed E-state index contributed by atoms with van der Waals surface area (Å²) in [5.41, 5.74) is 1.10. The van der Waals surface area contributed by atoms with E-state index in [1.54, 1.807) is 16.8 Å². The topological polar surface area (TPSA) is 72.3 Å². The van der Waals surface area contributed by atoms with Gasteiger partial charge in [0.1, 0.15) is 4.90 Å². The second-order valence-corrected chi connectivity index (χ2v) is 10.4. The van der Waals surface area contributed by atoms with Crippen molar-refractivity contribution in [3.8, 4) is 5.69 Å². The Kier molecular flexibility index (Phi) is 4.89. The number of para-hydroxylation sites is 1. The van der Waals surface area contributed by atoms with Crippen molar-refractivity contribution in [3.05, 3.63) is 64.1 Å². The molecule has 0 spiro atoms. The first kappa shape index (κ1) is 18.4. The highest BCUT2D eigenvalue weighted by molar-refractivity contribution is 8.01. The maximum Gasteiger partial charge on any atom is 0.269 e. The number of hydrogen-bond donors (Lipinski definition) is 0. The summed E-state index contributed by atoms with van der Waals surface area (Å²) in [6.07, 6.45) is 0. The lowest BCUT2D eigenvalue weighted by atomic mass is 10.2. The van der Waals surface area contributed by atoms with Crippen molar-refractivity contribution in [2.75, 3.05) is 12.3 Å². The maximum absolute atomic E-state index is 12.5. The Bertz CT molecular complexity index is 1170. The zero-order valence-corrected chi connectivity index (χ0v) is 17.1. The molecule has 1 amide bonds. The lowest BCUT2D eigenvalue weighted by Gasteiger charge is -2.13. The standard InChI is InChI=1S/C17H13N3O3S4/c21-15-13-8-4-5-9-14(13)27(22,23)19(15)10-11-25-16-18-20(17(24)26-16)12-6-2-1-3-7-12/h1-9H,10-11H2. The number of aromatic nitrogens is 2. The average Bonchev–Trinajstić information content (AvgIpc) is 3.13. The summed E-state index contributed by atoms with van der Waals surface area (Å²) in [6.45, 7) is 0.0815. The minimum Gasteiger partial charge on any atom is -0.268 e. The Morgan fingerprint density at radius 1 is 1.07 bits per heavy atom.